The van der Waals surface area contributed by atoms with Crippen molar-refractivity contribution in [2.24, 2.45) is 5.41 Å². The van der Waals surface area contributed by atoms with Gasteiger partial charge in [0, 0.05) is 37.2 Å². The Bertz CT molecular complexity index is 1200. The summed E-state index contributed by atoms with van der Waals surface area (Å²) in [6.45, 7) is 6.31. The van der Waals surface area contributed by atoms with Gasteiger partial charge >= 0.3 is 0 Å². The molecule has 0 radical (unpaired) electrons. The summed E-state index contributed by atoms with van der Waals surface area (Å²) in [6, 6.07) is 7.51. The molecule has 1 amide bonds. The Balaban J connectivity index is 1.61. The summed E-state index contributed by atoms with van der Waals surface area (Å²) in [6.07, 6.45) is 5.19. The van der Waals surface area contributed by atoms with E-state index in [1.54, 1.807) is 18.3 Å². The first-order chi connectivity index (χ1) is 17.4. The molecule has 2 saturated heterocycles. The van der Waals surface area contributed by atoms with E-state index in [1.165, 1.54) is 25.5 Å². The van der Waals surface area contributed by atoms with E-state index in [2.05, 4.69) is 20.2 Å². The number of aromatic nitrogens is 4. The third kappa shape index (κ3) is 5.10. The zero-order valence-corrected chi connectivity index (χ0v) is 20.6. The third-order valence-electron chi connectivity index (χ3n) is 6.73. The average molecular weight is 495 g/mol. The van der Waals surface area contributed by atoms with Gasteiger partial charge in [-0.1, -0.05) is 6.92 Å². The van der Waals surface area contributed by atoms with Crippen LogP contribution in [0.5, 0.6) is 0 Å². The van der Waals surface area contributed by atoms with E-state index in [-0.39, 0.29) is 18.5 Å². The summed E-state index contributed by atoms with van der Waals surface area (Å²) in [5.74, 6) is 0.704. The number of carbonyl (C=O) groups is 1. The van der Waals surface area contributed by atoms with Gasteiger partial charge < -0.3 is 24.7 Å². The van der Waals surface area contributed by atoms with Crippen LogP contribution in [0.1, 0.15) is 45.0 Å². The summed E-state index contributed by atoms with van der Waals surface area (Å²) in [7, 11) is 0. The normalized spacial score (nSPS) is 18.6. The van der Waals surface area contributed by atoms with Gasteiger partial charge in [-0.05, 0) is 49.6 Å². The minimum atomic E-state index is -0.552. The number of hydrogen-bond acceptors (Lipinski definition) is 7. The van der Waals surface area contributed by atoms with Crippen LogP contribution in [-0.4, -0.2) is 58.9 Å². The number of hydrogen-bond donors (Lipinski definition) is 2. The molecule has 5 rings (SSSR count). The molecule has 0 aliphatic carbocycles. The number of nitrogens with zero attached hydrogens (tertiary/aromatic N) is 4. The maximum atomic E-state index is 13.7. The van der Waals surface area contributed by atoms with Gasteiger partial charge in [-0.2, -0.15) is 0 Å². The minimum absolute atomic E-state index is 0.192. The molecule has 190 valence electrons. The van der Waals surface area contributed by atoms with E-state index in [0.29, 0.717) is 42.1 Å². The second kappa shape index (κ2) is 10.3. The summed E-state index contributed by atoms with van der Waals surface area (Å²) in [5, 5.41) is 3.03. The SMILES string of the molecule is CC(=O)NC(c1nc(-c2ccc(F)cc2)c(-c2ccnc(N3CCCCC3)n2)[nH]1)C1(C)COCOC1. The molecule has 3 aromatic rings. The molecule has 10 heteroatoms. The quantitative estimate of drug-likeness (QED) is 0.536. The van der Waals surface area contributed by atoms with E-state index in [9.17, 15) is 9.18 Å². The number of amides is 1. The van der Waals surface area contributed by atoms with Crippen molar-refractivity contribution in [1.82, 2.24) is 25.3 Å². The van der Waals surface area contributed by atoms with Crippen LogP contribution in [0.2, 0.25) is 0 Å². The number of ether oxygens (including phenoxy) is 2. The van der Waals surface area contributed by atoms with Crippen molar-refractivity contribution in [2.75, 3.05) is 38.0 Å². The minimum Gasteiger partial charge on any atom is -0.355 e. The zero-order chi connectivity index (χ0) is 25.1. The number of H-pyrrole nitrogens is 1. The van der Waals surface area contributed by atoms with Gasteiger partial charge in [-0.15, -0.1) is 0 Å². The standard InChI is InChI=1S/C26H31FN6O3/c1-17(34)29-23(26(2)14-35-16-36-15-26)24-31-21(18-6-8-19(27)9-7-18)22(32-24)20-10-11-28-25(30-20)33-12-4-3-5-13-33/h6-11,23H,3-5,12-16H2,1-2H3,(H,29,34)(H,31,32). The summed E-state index contributed by atoms with van der Waals surface area (Å²) in [5.41, 5.74) is 2.14. The first-order valence-corrected chi connectivity index (χ1v) is 12.3. The molecule has 2 aliphatic heterocycles. The molecule has 0 saturated carbocycles. The van der Waals surface area contributed by atoms with Crippen molar-refractivity contribution in [3.05, 3.63) is 48.2 Å². The molecule has 0 spiro atoms. The van der Waals surface area contributed by atoms with Crippen LogP contribution in [-0.2, 0) is 14.3 Å². The van der Waals surface area contributed by atoms with Crippen LogP contribution in [0.4, 0.5) is 10.3 Å². The summed E-state index contributed by atoms with van der Waals surface area (Å²) in [4.78, 5) is 32.1. The Labute approximate surface area is 209 Å². The van der Waals surface area contributed by atoms with E-state index in [0.717, 1.165) is 31.5 Å². The molecular formula is C26H31FN6O3. The molecular weight excluding hydrogens is 463 g/mol. The van der Waals surface area contributed by atoms with Gasteiger partial charge in [0.25, 0.3) is 0 Å². The Morgan fingerprint density at radius 3 is 2.53 bits per heavy atom. The maximum Gasteiger partial charge on any atom is 0.225 e. The Morgan fingerprint density at radius 2 is 1.83 bits per heavy atom. The molecule has 2 aliphatic rings. The Kier molecular flexibility index (Phi) is 6.97. The fraction of sp³-hybridized carbons (Fsp3) is 0.462. The van der Waals surface area contributed by atoms with Crippen molar-refractivity contribution in [1.29, 1.82) is 0 Å². The lowest BCUT2D eigenvalue weighted by Crippen LogP contribution is -2.47. The molecule has 2 fully saturated rings. The van der Waals surface area contributed by atoms with Gasteiger partial charge in [0.05, 0.1) is 36.3 Å². The maximum absolute atomic E-state index is 13.7. The van der Waals surface area contributed by atoms with Crippen molar-refractivity contribution in [2.45, 2.75) is 39.2 Å². The van der Waals surface area contributed by atoms with Crippen molar-refractivity contribution in [3.8, 4) is 22.6 Å². The van der Waals surface area contributed by atoms with Crippen LogP contribution in [0.15, 0.2) is 36.5 Å². The topological polar surface area (TPSA) is 105 Å². The summed E-state index contributed by atoms with van der Waals surface area (Å²) < 4.78 is 24.9. The number of rotatable bonds is 6. The number of anilines is 1. The lowest BCUT2D eigenvalue weighted by Gasteiger charge is -2.39. The Morgan fingerprint density at radius 1 is 1.11 bits per heavy atom. The van der Waals surface area contributed by atoms with Gasteiger partial charge in [0.2, 0.25) is 11.9 Å². The highest BCUT2D eigenvalue weighted by Gasteiger charge is 2.41. The second-order valence-electron chi connectivity index (χ2n) is 9.74. The molecule has 4 heterocycles. The summed E-state index contributed by atoms with van der Waals surface area (Å²) >= 11 is 0. The van der Waals surface area contributed by atoms with Gasteiger partial charge in [0.15, 0.2) is 0 Å². The van der Waals surface area contributed by atoms with Crippen molar-refractivity contribution in [3.63, 3.8) is 0 Å². The molecule has 36 heavy (non-hydrogen) atoms. The smallest absolute Gasteiger partial charge is 0.225 e. The number of carbonyl (C=O) groups excluding carboxylic acids is 1. The van der Waals surface area contributed by atoms with Gasteiger partial charge in [0.1, 0.15) is 18.4 Å². The monoisotopic (exact) mass is 494 g/mol. The number of piperidine rings is 1. The number of aromatic amines is 1. The highest BCUT2D eigenvalue weighted by Crippen LogP contribution is 2.39. The fourth-order valence-electron chi connectivity index (χ4n) is 4.86. The lowest BCUT2D eigenvalue weighted by molar-refractivity contribution is -0.170. The van der Waals surface area contributed by atoms with E-state index >= 15 is 0 Å². The van der Waals surface area contributed by atoms with Gasteiger partial charge in [-0.3, -0.25) is 4.79 Å². The number of halogens is 1. The molecule has 2 aromatic heterocycles. The molecule has 2 N–H and O–H groups in total. The highest BCUT2D eigenvalue weighted by atomic mass is 19.1. The van der Waals surface area contributed by atoms with Crippen LogP contribution in [0, 0.1) is 11.2 Å². The first kappa shape index (κ1) is 24.3. The Hall–Kier alpha value is -3.37. The molecule has 1 atom stereocenters. The van der Waals surface area contributed by atoms with Gasteiger partial charge in [-0.25, -0.2) is 19.3 Å². The lowest BCUT2D eigenvalue weighted by atomic mass is 9.82. The van der Waals surface area contributed by atoms with E-state index in [1.807, 2.05) is 13.0 Å². The van der Waals surface area contributed by atoms with Crippen molar-refractivity contribution >= 4 is 11.9 Å². The van der Waals surface area contributed by atoms with Crippen LogP contribution in [0.25, 0.3) is 22.6 Å². The van der Waals surface area contributed by atoms with Crippen LogP contribution >= 0.6 is 0 Å². The highest BCUT2D eigenvalue weighted by molar-refractivity contribution is 5.77. The average Bonchev–Trinajstić information content (AvgIpc) is 3.34. The molecule has 9 nitrogen and oxygen atoms in total. The number of imidazole rings is 1. The van der Waals surface area contributed by atoms with Crippen LogP contribution < -0.4 is 10.2 Å². The number of nitrogens with one attached hydrogen (secondary N) is 2. The zero-order valence-electron chi connectivity index (χ0n) is 20.6. The molecule has 1 aromatic carbocycles. The first-order valence-electron chi connectivity index (χ1n) is 12.3. The predicted octanol–water partition coefficient (Wildman–Crippen LogP) is 3.85. The van der Waals surface area contributed by atoms with E-state index < -0.39 is 11.5 Å². The predicted molar refractivity (Wildman–Crippen MR) is 133 cm³/mol. The molecule has 1 unspecified atom stereocenters. The van der Waals surface area contributed by atoms with Crippen LogP contribution in [0.3, 0.4) is 0 Å². The largest absolute Gasteiger partial charge is 0.355 e. The van der Waals surface area contributed by atoms with Crippen molar-refractivity contribution < 1.29 is 18.7 Å². The second-order valence-corrected chi connectivity index (χ2v) is 9.74. The fourth-order valence-corrected chi connectivity index (χ4v) is 4.86. The molecule has 0 bridgehead atoms. The van der Waals surface area contributed by atoms with E-state index in [4.69, 9.17) is 19.4 Å². The number of benzene rings is 1. The third-order valence-corrected chi connectivity index (χ3v) is 6.73.